The average Bonchev–Trinajstić information content (AvgIpc) is 2.75. The number of aliphatic hydroxyl groups is 5. The van der Waals surface area contributed by atoms with Crippen LogP contribution in [0.5, 0.6) is 0 Å². The van der Waals surface area contributed by atoms with Crippen LogP contribution in [0.3, 0.4) is 0 Å². The number of rotatable bonds is 14. The average molecular weight is 437 g/mol. The van der Waals surface area contributed by atoms with Crippen LogP contribution < -0.4 is 0 Å². The van der Waals surface area contributed by atoms with Crippen molar-refractivity contribution >= 4 is 5.97 Å². The summed E-state index contributed by atoms with van der Waals surface area (Å²) in [5.41, 5.74) is 0. The van der Waals surface area contributed by atoms with Crippen LogP contribution in [-0.2, 0) is 14.3 Å². The molecule has 0 aromatic heterocycles. The summed E-state index contributed by atoms with van der Waals surface area (Å²) in [5.74, 6) is -0.0675. The van der Waals surface area contributed by atoms with E-state index in [-0.39, 0.29) is 5.97 Å². The Labute approximate surface area is 181 Å². The van der Waals surface area contributed by atoms with E-state index in [2.05, 4.69) is 16.4 Å². The van der Waals surface area contributed by atoms with Gasteiger partial charge in [-0.05, 0) is 6.42 Å². The fourth-order valence-corrected chi connectivity index (χ4v) is 3.29. The molecule has 30 heavy (non-hydrogen) atoms. The molecule has 180 valence electrons. The molecule has 0 bridgehead atoms. The molecule has 0 radical (unpaired) electrons. The maximum Gasteiger partial charge on any atom is 0.305 e. The van der Waals surface area contributed by atoms with Crippen molar-refractivity contribution in [1.29, 1.82) is 0 Å². The zero-order valence-corrected chi connectivity index (χ0v) is 18.7. The van der Waals surface area contributed by atoms with E-state index in [9.17, 15) is 4.79 Å². The Balaban J connectivity index is 0.000000604. The number of esters is 1. The van der Waals surface area contributed by atoms with E-state index in [0.29, 0.717) is 6.42 Å². The summed E-state index contributed by atoms with van der Waals surface area (Å²) in [6, 6.07) is 0. The molecule has 8 heteroatoms. The number of hydrogen-bond donors (Lipinski definition) is 5. The van der Waals surface area contributed by atoms with Gasteiger partial charge in [-0.1, -0.05) is 77.6 Å². The second kappa shape index (κ2) is 19.0. The monoisotopic (exact) mass is 436 g/mol. The number of methoxy groups -OCH3 is 1. The first-order valence-electron chi connectivity index (χ1n) is 11.4. The third-order valence-corrected chi connectivity index (χ3v) is 5.33. The Bertz CT molecular complexity index is 402. The molecule has 0 amide bonds. The van der Waals surface area contributed by atoms with Crippen molar-refractivity contribution in [3.05, 3.63) is 0 Å². The first kappa shape index (κ1) is 29.2. The quantitative estimate of drug-likeness (QED) is 0.206. The van der Waals surface area contributed by atoms with E-state index in [1.807, 2.05) is 0 Å². The first-order valence-corrected chi connectivity index (χ1v) is 11.4. The van der Waals surface area contributed by atoms with E-state index in [4.69, 9.17) is 25.5 Å². The highest BCUT2D eigenvalue weighted by molar-refractivity contribution is 5.68. The summed E-state index contributed by atoms with van der Waals surface area (Å²) < 4.78 is 9.19. The lowest BCUT2D eigenvalue weighted by atomic mass is 10.00. The minimum Gasteiger partial charge on any atom is -0.469 e. The minimum atomic E-state index is -1.57. The highest BCUT2D eigenvalue weighted by Crippen LogP contribution is 2.19. The zero-order valence-electron chi connectivity index (χ0n) is 18.7. The van der Waals surface area contributed by atoms with E-state index >= 15 is 0 Å². The number of carbonyl (C=O) groups is 1. The van der Waals surface area contributed by atoms with Crippen LogP contribution in [0.1, 0.15) is 90.4 Å². The predicted molar refractivity (Wildman–Crippen MR) is 114 cm³/mol. The molecule has 1 heterocycles. The highest BCUT2D eigenvalue weighted by Gasteiger charge is 2.42. The van der Waals surface area contributed by atoms with E-state index < -0.39 is 37.3 Å². The number of unbranched alkanes of at least 4 members (excludes halogenated alkanes) is 11. The largest absolute Gasteiger partial charge is 0.469 e. The molecule has 1 saturated heterocycles. The molecule has 8 nitrogen and oxygen atoms in total. The number of carbonyl (C=O) groups excluding carboxylic acids is 1. The van der Waals surface area contributed by atoms with E-state index in [0.717, 1.165) is 6.42 Å². The molecule has 0 spiro atoms. The van der Waals surface area contributed by atoms with Gasteiger partial charge in [0.15, 0.2) is 6.29 Å². The number of aliphatic hydroxyl groups excluding tert-OH is 5. The molecule has 0 unspecified atom stereocenters. The molecule has 1 rings (SSSR count). The lowest BCUT2D eigenvalue weighted by molar-refractivity contribution is -0.286. The number of hydrogen-bond acceptors (Lipinski definition) is 8. The van der Waals surface area contributed by atoms with Crippen LogP contribution in [0.4, 0.5) is 0 Å². The van der Waals surface area contributed by atoms with Crippen LogP contribution in [0.15, 0.2) is 0 Å². The maximum absolute atomic E-state index is 10.9. The Morgan fingerprint density at radius 3 is 1.67 bits per heavy atom. The summed E-state index contributed by atoms with van der Waals surface area (Å²) in [5, 5.41) is 44.7. The van der Waals surface area contributed by atoms with Gasteiger partial charge < -0.3 is 35.0 Å². The van der Waals surface area contributed by atoms with Gasteiger partial charge in [-0.2, -0.15) is 0 Å². The number of ether oxygens (including phenoxy) is 2. The third-order valence-electron chi connectivity index (χ3n) is 5.33. The van der Waals surface area contributed by atoms with Crippen molar-refractivity contribution in [2.45, 2.75) is 121 Å². The lowest BCUT2D eigenvalue weighted by Gasteiger charge is -2.37. The molecule has 0 saturated carbocycles. The molecule has 5 atom stereocenters. The van der Waals surface area contributed by atoms with Gasteiger partial charge in [0, 0.05) is 6.42 Å². The van der Waals surface area contributed by atoms with Crippen LogP contribution in [0, 0.1) is 0 Å². The molecule has 1 fully saturated rings. The Morgan fingerprint density at radius 2 is 1.23 bits per heavy atom. The van der Waals surface area contributed by atoms with Crippen LogP contribution in [-0.4, -0.2) is 75.9 Å². The van der Waals surface area contributed by atoms with Gasteiger partial charge in [-0.3, -0.25) is 4.79 Å². The van der Waals surface area contributed by atoms with Gasteiger partial charge in [0.25, 0.3) is 0 Å². The molecule has 0 aliphatic carbocycles. The van der Waals surface area contributed by atoms with E-state index in [1.165, 1.54) is 77.7 Å². The molecule has 0 aromatic rings. The van der Waals surface area contributed by atoms with Gasteiger partial charge in [0.2, 0.25) is 0 Å². The topological polar surface area (TPSA) is 137 Å². The van der Waals surface area contributed by atoms with Crippen molar-refractivity contribution in [2.24, 2.45) is 0 Å². The van der Waals surface area contributed by atoms with Crippen molar-refractivity contribution in [3.8, 4) is 0 Å². The second-order valence-electron chi connectivity index (χ2n) is 7.93. The van der Waals surface area contributed by atoms with E-state index in [1.54, 1.807) is 0 Å². The lowest BCUT2D eigenvalue weighted by Crippen LogP contribution is -2.58. The van der Waals surface area contributed by atoms with Crippen LogP contribution >= 0.6 is 0 Å². The second-order valence-corrected chi connectivity index (χ2v) is 7.93. The van der Waals surface area contributed by atoms with Crippen LogP contribution in [0.25, 0.3) is 0 Å². The summed E-state index contributed by atoms with van der Waals surface area (Å²) in [6.07, 6.45) is 9.49. The highest BCUT2D eigenvalue weighted by atomic mass is 16.6. The van der Waals surface area contributed by atoms with Gasteiger partial charge in [0.1, 0.15) is 24.4 Å². The minimum absolute atomic E-state index is 0.0675. The zero-order chi connectivity index (χ0) is 22.8. The van der Waals surface area contributed by atoms with Gasteiger partial charge >= 0.3 is 5.97 Å². The SMILES string of the molecule is CCCCCCCCCCCCCCC(=O)OC.OC[C@H]1O[C@H](O)[C@@H](O)[C@@H](O)[C@@H]1O. The van der Waals surface area contributed by atoms with Crippen molar-refractivity contribution < 1.29 is 39.8 Å². The van der Waals surface area contributed by atoms with Crippen molar-refractivity contribution in [3.63, 3.8) is 0 Å². The van der Waals surface area contributed by atoms with Gasteiger partial charge in [0.05, 0.1) is 13.7 Å². The summed E-state index contributed by atoms with van der Waals surface area (Å²) in [7, 11) is 1.46. The third kappa shape index (κ3) is 13.5. The van der Waals surface area contributed by atoms with Crippen molar-refractivity contribution in [1.82, 2.24) is 0 Å². The van der Waals surface area contributed by atoms with Crippen LogP contribution in [0.2, 0.25) is 0 Å². The normalized spacial score (nSPS) is 26.0. The molecule has 5 N–H and O–H groups in total. The molecule has 1 aliphatic heterocycles. The molecule has 0 aromatic carbocycles. The smallest absolute Gasteiger partial charge is 0.305 e. The fraction of sp³-hybridized carbons (Fsp3) is 0.955. The maximum atomic E-state index is 10.9. The standard InChI is InChI=1S/C16H32O2.C6H12O6/c1-3-4-5-6-7-8-9-10-11-12-13-14-15-16(17)18-2;7-1-2-3(8)4(9)5(10)6(11)12-2/h3-15H2,1-2H3;2-11H,1H2/t;2-,3-,4+,5+,6+/m.1/s1. The molecular weight excluding hydrogens is 392 g/mol. The summed E-state index contributed by atoms with van der Waals surface area (Å²) in [4.78, 5) is 10.9. The first-order chi connectivity index (χ1) is 14.4. The predicted octanol–water partition coefficient (Wildman–Crippen LogP) is 2.03. The Hall–Kier alpha value is -0.770. The Morgan fingerprint density at radius 1 is 0.767 bits per heavy atom. The fourth-order valence-electron chi connectivity index (χ4n) is 3.29. The molecule has 1 aliphatic rings. The van der Waals surface area contributed by atoms with Gasteiger partial charge in [-0.15, -0.1) is 0 Å². The summed E-state index contributed by atoms with van der Waals surface area (Å²) >= 11 is 0. The van der Waals surface area contributed by atoms with Gasteiger partial charge in [-0.25, -0.2) is 0 Å². The van der Waals surface area contributed by atoms with Crippen molar-refractivity contribution in [2.75, 3.05) is 13.7 Å². The Kier molecular flexibility index (Phi) is 18.5. The molecular formula is C22H44O8. The summed E-state index contributed by atoms with van der Waals surface area (Å²) in [6.45, 7) is 1.74.